The normalized spacial score (nSPS) is 42.8. The third-order valence-electron chi connectivity index (χ3n) is 6.34. The first-order valence-corrected chi connectivity index (χ1v) is 8.31. The molecule has 0 heterocycles. The van der Waals surface area contributed by atoms with E-state index in [9.17, 15) is 4.79 Å². The highest BCUT2D eigenvalue weighted by atomic mass is 35.5. The topological polar surface area (TPSA) is 17.1 Å². The average Bonchev–Trinajstić information content (AvgIpc) is 2.71. The highest BCUT2D eigenvalue weighted by molar-refractivity contribution is 6.32. The van der Waals surface area contributed by atoms with Crippen LogP contribution in [0.15, 0.2) is 24.3 Å². The van der Waals surface area contributed by atoms with Gasteiger partial charge in [0.05, 0.1) is 5.38 Å². The summed E-state index contributed by atoms with van der Waals surface area (Å²) in [5, 5.41) is -0.235. The zero-order chi connectivity index (χ0) is 13.9. The van der Waals surface area contributed by atoms with E-state index in [4.69, 9.17) is 11.6 Å². The number of carbonyl (C=O) groups is 1. The highest BCUT2D eigenvalue weighted by Gasteiger charge is 2.57. The van der Waals surface area contributed by atoms with Gasteiger partial charge in [-0.1, -0.05) is 31.2 Å². The SMILES string of the molecule is CC12CCC3c4ccccc4CCC3C1CC(Cl)C2=O. The Kier molecular flexibility index (Phi) is 2.79. The van der Waals surface area contributed by atoms with Crippen molar-refractivity contribution >= 4 is 17.4 Å². The monoisotopic (exact) mass is 288 g/mol. The van der Waals surface area contributed by atoms with E-state index in [1.165, 1.54) is 18.4 Å². The molecule has 1 aromatic rings. The Hall–Kier alpha value is -0.820. The summed E-state index contributed by atoms with van der Waals surface area (Å²) in [6.07, 6.45) is 5.49. The highest BCUT2D eigenvalue weighted by Crippen LogP contribution is 2.60. The molecule has 20 heavy (non-hydrogen) atoms. The van der Waals surface area contributed by atoms with E-state index in [2.05, 4.69) is 31.2 Å². The Balaban J connectivity index is 1.74. The van der Waals surface area contributed by atoms with E-state index in [1.54, 1.807) is 5.56 Å². The lowest BCUT2D eigenvalue weighted by Gasteiger charge is -2.48. The molecule has 3 aliphatic rings. The number of benzene rings is 1. The van der Waals surface area contributed by atoms with Gasteiger partial charge >= 0.3 is 0 Å². The summed E-state index contributed by atoms with van der Waals surface area (Å²) in [5.41, 5.74) is 2.94. The molecule has 5 unspecified atom stereocenters. The molecule has 0 amide bonds. The first-order chi connectivity index (χ1) is 9.61. The Bertz CT molecular complexity index is 566. The average molecular weight is 289 g/mol. The van der Waals surface area contributed by atoms with Crippen LogP contribution in [0.25, 0.3) is 0 Å². The van der Waals surface area contributed by atoms with Crippen molar-refractivity contribution in [2.45, 2.75) is 50.3 Å². The molecule has 0 N–H and O–H groups in total. The number of aryl methyl sites for hydroxylation is 1. The molecule has 4 rings (SSSR count). The molecule has 0 saturated heterocycles. The largest absolute Gasteiger partial charge is 0.297 e. The number of fused-ring (bicyclic) bond motifs is 5. The fourth-order valence-electron chi connectivity index (χ4n) is 5.27. The summed E-state index contributed by atoms with van der Waals surface area (Å²) in [4.78, 5) is 12.4. The molecule has 106 valence electrons. The molecular formula is C18H21ClO. The van der Waals surface area contributed by atoms with Gasteiger partial charge in [-0.15, -0.1) is 11.6 Å². The van der Waals surface area contributed by atoms with E-state index >= 15 is 0 Å². The third kappa shape index (κ3) is 1.59. The van der Waals surface area contributed by atoms with Crippen LogP contribution >= 0.6 is 11.6 Å². The van der Waals surface area contributed by atoms with Crippen LogP contribution in [0.4, 0.5) is 0 Å². The van der Waals surface area contributed by atoms with E-state index in [-0.39, 0.29) is 10.8 Å². The van der Waals surface area contributed by atoms with Crippen molar-refractivity contribution in [1.82, 2.24) is 0 Å². The second-order valence-electron chi connectivity index (χ2n) is 7.14. The summed E-state index contributed by atoms with van der Waals surface area (Å²) in [6, 6.07) is 8.91. The van der Waals surface area contributed by atoms with Crippen molar-refractivity contribution < 1.29 is 4.79 Å². The summed E-state index contributed by atoms with van der Waals surface area (Å²) in [6.45, 7) is 2.18. The standard InChI is InChI=1S/C18H21ClO/c1-18-9-8-13-12-5-3-2-4-11(12)6-7-14(13)15(18)10-16(19)17(18)20/h2-5,13-16H,6-10H2,1H3. The van der Waals surface area contributed by atoms with Gasteiger partial charge in [-0.25, -0.2) is 0 Å². The van der Waals surface area contributed by atoms with Gasteiger partial charge in [-0.3, -0.25) is 4.79 Å². The molecule has 0 aliphatic heterocycles. The maximum Gasteiger partial charge on any atom is 0.156 e. The fraction of sp³-hybridized carbons (Fsp3) is 0.611. The van der Waals surface area contributed by atoms with Crippen LogP contribution in [0.3, 0.4) is 0 Å². The number of halogens is 1. The first-order valence-electron chi connectivity index (χ1n) is 7.87. The van der Waals surface area contributed by atoms with Crippen molar-refractivity contribution in [2.75, 3.05) is 0 Å². The lowest BCUT2D eigenvalue weighted by Crippen LogP contribution is -2.42. The minimum atomic E-state index is -0.235. The lowest BCUT2D eigenvalue weighted by atomic mass is 9.55. The lowest BCUT2D eigenvalue weighted by molar-refractivity contribution is -0.129. The van der Waals surface area contributed by atoms with Crippen molar-refractivity contribution in [3.8, 4) is 0 Å². The van der Waals surface area contributed by atoms with Gasteiger partial charge in [-0.2, -0.15) is 0 Å². The predicted molar refractivity (Wildman–Crippen MR) is 81.1 cm³/mol. The molecule has 1 nitrogen and oxygen atoms in total. The molecule has 3 aliphatic carbocycles. The molecular weight excluding hydrogens is 268 g/mol. The number of Topliss-reactive ketones (excluding diaryl/α,β-unsaturated/α-hetero) is 1. The smallest absolute Gasteiger partial charge is 0.156 e. The minimum absolute atomic E-state index is 0.139. The fourth-order valence-corrected chi connectivity index (χ4v) is 5.71. The summed E-state index contributed by atoms with van der Waals surface area (Å²) in [7, 11) is 0. The third-order valence-corrected chi connectivity index (χ3v) is 6.71. The molecule has 5 atom stereocenters. The van der Waals surface area contributed by atoms with Crippen molar-refractivity contribution in [2.24, 2.45) is 17.3 Å². The van der Waals surface area contributed by atoms with Gasteiger partial charge < -0.3 is 0 Å². The van der Waals surface area contributed by atoms with Crippen LogP contribution in [-0.4, -0.2) is 11.2 Å². The Labute approximate surface area is 125 Å². The molecule has 2 heteroatoms. The van der Waals surface area contributed by atoms with E-state index < -0.39 is 0 Å². The molecule has 1 aromatic carbocycles. The quantitative estimate of drug-likeness (QED) is 0.650. The van der Waals surface area contributed by atoms with E-state index in [0.717, 1.165) is 19.3 Å². The zero-order valence-electron chi connectivity index (χ0n) is 11.9. The first kappa shape index (κ1) is 12.9. The summed E-state index contributed by atoms with van der Waals surface area (Å²) in [5.74, 6) is 2.15. The molecule has 0 radical (unpaired) electrons. The Morgan fingerprint density at radius 1 is 1.25 bits per heavy atom. The van der Waals surface area contributed by atoms with Crippen LogP contribution < -0.4 is 0 Å². The van der Waals surface area contributed by atoms with Crippen molar-refractivity contribution in [3.63, 3.8) is 0 Å². The van der Waals surface area contributed by atoms with Gasteiger partial charge in [0.2, 0.25) is 0 Å². The maximum atomic E-state index is 12.4. The van der Waals surface area contributed by atoms with Gasteiger partial charge in [0.1, 0.15) is 0 Å². The maximum absolute atomic E-state index is 12.4. The number of hydrogen-bond donors (Lipinski definition) is 0. The van der Waals surface area contributed by atoms with Crippen molar-refractivity contribution in [3.05, 3.63) is 35.4 Å². The van der Waals surface area contributed by atoms with Gasteiger partial charge in [0.15, 0.2) is 5.78 Å². The van der Waals surface area contributed by atoms with Crippen LogP contribution in [0, 0.1) is 17.3 Å². The van der Waals surface area contributed by atoms with Gasteiger partial charge in [0.25, 0.3) is 0 Å². The zero-order valence-corrected chi connectivity index (χ0v) is 12.7. The van der Waals surface area contributed by atoms with Crippen LogP contribution in [-0.2, 0) is 11.2 Å². The number of carbonyl (C=O) groups excluding carboxylic acids is 1. The number of alkyl halides is 1. The second kappa shape index (κ2) is 4.34. The Morgan fingerprint density at radius 2 is 2.05 bits per heavy atom. The molecule has 0 aromatic heterocycles. The molecule has 2 fully saturated rings. The minimum Gasteiger partial charge on any atom is -0.297 e. The number of hydrogen-bond acceptors (Lipinski definition) is 1. The van der Waals surface area contributed by atoms with Crippen LogP contribution in [0.1, 0.15) is 49.7 Å². The summed E-state index contributed by atoms with van der Waals surface area (Å²) < 4.78 is 0. The van der Waals surface area contributed by atoms with Gasteiger partial charge in [-0.05, 0) is 61.0 Å². The Morgan fingerprint density at radius 3 is 2.90 bits per heavy atom. The van der Waals surface area contributed by atoms with E-state index in [0.29, 0.717) is 23.5 Å². The van der Waals surface area contributed by atoms with E-state index in [1.807, 2.05) is 0 Å². The number of ketones is 1. The number of rotatable bonds is 0. The molecule has 0 spiro atoms. The summed E-state index contributed by atoms with van der Waals surface area (Å²) >= 11 is 6.31. The molecule has 0 bridgehead atoms. The predicted octanol–water partition coefficient (Wildman–Crippen LogP) is 4.33. The molecule has 2 saturated carbocycles. The van der Waals surface area contributed by atoms with Crippen molar-refractivity contribution in [1.29, 1.82) is 0 Å². The van der Waals surface area contributed by atoms with Crippen LogP contribution in [0.2, 0.25) is 0 Å². The second-order valence-corrected chi connectivity index (χ2v) is 7.66. The van der Waals surface area contributed by atoms with Gasteiger partial charge in [0, 0.05) is 5.41 Å². The van der Waals surface area contributed by atoms with Crippen LogP contribution in [0.5, 0.6) is 0 Å².